The molecule has 1 saturated heterocycles. The molecular formula is C25H28N8O5S. The zero-order valence-corrected chi connectivity index (χ0v) is 21.4. The van der Waals surface area contributed by atoms with E-state index < -0.39 is 34.4 Å². The maximum atomic E-state index is 12.5. The molecule has 2 aromatic heterocycles. The largest absolute Gasteiger partial charge is 0.398 e. The van der Waals surface area contributed by atoms with Crippen molar-refractivity contribution in [3.63, 3.8) is 0 Å². The van der Waals surface area contributed by atoms with E-state index in [0.29, 0.717) is 22.4 Å². The number of rotatable bonds is 9. The summed E-state index contributed by atoms with van der Waals surface area (Å²) in [5.41, 5.74) is 14.5. The number of nitrogens with zero attached hydrogens (tertiary/aromatic N) is 4. The highest BCUT2D eigenvalue weighted by molar-refractivity contribution is 7.92. The van der Waals surface area contributed by atoms with E-state index in [9.17, 15) is 18.6 Å². The van der Waals surface area contributed by atoms with Crippen LogP contribution in [-0.4, -0.2) is 69.1 Å². The maximum absolute atomic E-state index is 12.5. The number of nitrogen functional groups attached to an aromatic ring is 2. The normalized spacial score (nSPS) is 21.6. The first-order valence-corrected chi connectivity index (χ1v) is 13.6. The number of aliphatic hydroxyl groups excluding tert-OH is 2. The van der Waals surface area contributed by atoms with Crippen LogP contribution in [0.1, 0.15) is 5.56 Å². The average Bonchev–Trinajstić information content (AvgIpc) is 3.44. The molecule has 0 radical (unpaired) electrons. The van der Waals surface area contributed by atoms with Crippen molar-refractivity contribution in [2.24, 2.45) is 0 Å². The van der Waals surface area contributed by atoms with Crippen molar-refractivity contribution in [1.82, 2.24) is 24.2 Å². The maximum Gasteiger partial charge on any atom is 0.233 e. The standard InChI is InChI=1S/C25H28N8O5S/c26-17-9-5-4-6-15(17)10-11-39(36,37)29-12-18-21(34)22(35)19(38-18)13-33-14-28-20-23(27)31-25(32-24(20)33)30-16-7-2-1-3-8-16/h1-11,14,18-19,21-22,29,34-35H,12-13,26H2,(H3,27,30,31,32)/b11-10+/t18-,19+,21-,22+/m1/s1. The Kier molecular flexibility index (Phi) is 7.45. The Hall–Kier alpha value is -4.08. The summed E-state index contributed by atoms with van der Waals surface area (Å²) in [6, 6.07) is 16.2. The molecule has 5 rings (SSSR count). The first kappa shape index (κ1) is 26.5. The third-order valence-electron chi connectivity index (χ3n) is 6.27. The van der Waals surface area contributed by atoms with Gasteiger partial charge in [0.1, 0.15) is 29.9 Å². The Morgan fingerprint density at radius 1 is 1.00 bits per heavy atom. The SMILES string of the molecule is Nc1ccccc1/C=C/S(=O)(=O)NC[C@H]1O[C@@H](Cn2cnc3c(N)nc(Nc4ccccc4)nc32)[C@H](O)[C@@H]1O. The summed E-state index contributed by atoms with van der Waals surface area (Å²) < 4.78 is 34.7. The molecule has 4 aromatic rings. The Morgan fingerprint density at radius 2 is 1.72 bits per heavy atom. The number of imidazole rings is 1. The minimum Gasteiger partial charge on any atom is -0.398 e. The Bertz CT molecular complexity index is 1590. The summed E-state index contributed by atoms with van der Waals surface area (Å²) in [6.45, 7) is -0.178. The molecule has 4 atom stereocenters. The van der Waals surface area contributed by atoms with E-state index >= 15 is 0 Å². The zero-order chi connectivity index (χ0) is 27.6. The lowest BCUT2D eigenvalue weighted by atomic mass is 10.1. The van der Waals surface area contributed by atoms with Crippen LogP contribution in [-0.2, 0) is 21.3 Å². The summed E-state index contributed by atoms with van der Waals surface area (Å²) in [7, 11) is -3.87. The predicted molar refractivity (Wildman–Crippen MR) is 147 cm³/mol. The molecule has 0 bridgehead atoms. The van der Waals surface area contributed by atoms with Crippen molar-refractivity contribution in [3.05, 3.63) is 71.9 Å². The fraction of sp³-hybridized carbons (Fsp3) is 0.240. The van der Waals surface area contributed by atoms with E-state index in [1.54, 1.807) is 28.8 Å². The Balaban J connectivity index is 1.26. The van der Waals surface area contributed by atoms with Crippen LogP contribution in [0.25, 0.3) is 17.2 Å². The molecule has 13 nitrogen and oxygen atoms in total. The second kappa shape index (κ2) is 11.0. The summed E-state index contributed by atoms with van der Waals surface area (Å²) in [6.07, 6.45) is -1.59. The van der Waals surface area contributed by atoms with E-state index in [4.69, 9.17) is 16.2 Å². The van der Waals surface area contributed by atoms with E-state index in [2.05, 4.69) is 25.0 Å². The lowest BCUT2D eigenvalue weighted by Gasteiger charge is -2.16. The molecule has 2 aromatic carbocycles. The van der Waals surface area contributed by atoms with Crippen LogP contribution in [0.15, 0.2) is 66.3 Å². The van der Waals surface area contributed by atoms with Gasteiger partial charge < -0.3 is 36.3 Å². The minimum absolute atomic E-state index is 0.0758. The molecule has 0 amide bonds. The Labute approximate surface area is 224 Å². The number of ether oxygens (including phenoxy) is 1. The zero-order valence-electron chi connectivity index (χ0n) is 20.6. The van der Waals surface area contributed by atoms with Gasteiger partial charge >= 0.3 is 0 Å². The number of benzene rings is 2. The molecule has 39 heavy (non-hydrogen) atoms. The smallest absolute Gasteiger partial charge is 0.233 e. The monoisotopic (exact) mass is 552 g/mol. The number of fused-ring (bicyclic) bond motifs is 1. The number of nitrogens with two attached hydrogens (primary N) is 2. The number of hydrogen-bond acceptors (Lipinski definition) is 11. The van der Waals surface area contributed by atoms with Gasteiger partial charge in [0.15, 0.2) is 11.5 Å². The van der Waals surface area contributed by atoms with E-state index in [-0.39, 0.29) is 24.9 Å². The molecule has 0 aliphatic carbocycles. The van der Waals surface area contributed by atoms with Gasteiger partial charge in [-0.25, -0.2) is 18.1 Å². The van der Waals surface area contributed by atoms with Gasteiger partial charge in [-0.1, -0.05) is 36.4 Å². The number of aliphatic hydroxyl groups is 2. The summed E-state index contributed by atoms with van der Waals surface area (Å²) in [5, 5.41) is 25.2. The van der Waals surface area contributed by atoms with Gasteiger partial charge in [0.05, 0.1) is 12.9 Å². The first-order valence-electron chi connectivity index (χ1n) is 12.0. The lowest BCUT2D eigenvalue weighted by molar-refractivity contribution is 0.00251. The van der Waals surface area contributed by atoms with Gasteiger partial charge in [-0.05, 0) is 29.8 Å². The molecule has 0 saturated carbocycles. The molecule has 3 heterocycles. The van der Waals surface area contributed by atoms with Crippen LogP contribution in [0, 0.1) is 0 Å². The van der Waals surface area contributed by atoms with Crippen LogP contribution in [0.3, 0.4) is 0 Å². The van der Waals surface area contributed by atoms with Gasteiger partial charge in [0.25, 0.3) is 0 Å². The van der Waals surface area contributed by atoms with Gasteiger partial charge in [-0.3, -0.25) is 0 Å². The quantitative estimate of drug-likeness (QED) is 0.160. The average molecular weight is 553 g/mol. The highest BCUT2D eigenvalue weighted by Gasteiger charge is 2.43. The summed E-state index contributed by atoms with van der Waals surface area (Å²) >= 11 is 0. The van der Waals surface area contributed by atoms with Gasteiger partial charge in [0, 0.05) is 23.3 Å². The van der Waals surface area contributed by atoms with Crippen molar-refractivity contribution >= 4 is 50.4 Å². The molecule has 14 heteroatoms. The number of hydrogen-bond donors (Lipinski definition) is 6. The van der Waals surface area contributed by atoms with Gasteiger partial charge in [-0.2, -0.15) is 9.97 Å². The fourth-order valence-corrected chi connectivity index (χ4v) is 5.04. The number of nitrogens with one attached hydrogen (secondary N) is 2. The third-order valence-corrected chi connectivity index (χ3v) is 7.33. The van der Waals surface area contributed by atoms with Crippen LogP contribution in [0.5, 0.6) is 0 Å². The third kappa shape index (κ3) is 6.00. The van der Waals surface area contributed by atoms with Crippen LogP contribution in [0.4, 0.5) is 23.1 Å². The lowest BCUT2D eigenvalue weighted by Crippen LogP contribution is -2.39. The van der Waals surface area contributed by atoms with Crippen molar-refractivity contribution in [1.29, 1.82) is 0 Å². The van der Waals surface area contributed by atoms with Gasteiger partial charge in [0.2, 0.25) is 16.0 Å². The van der Waals surface area contributed by atoms with Crippen LogP contribution >= 0.6 is 0 Å². The molecule has 204 valence electrons. The van der Waals surface area contributed by atoms with E-state index in [0.717, 1.165) is 11.1 Å². The van der Waals surface area contributed by atoms with E-state index in [1.807, 2.05) is 30.3 Å². The van der Waals surface area contributed by atoms with E-state index in [1.165, 1.54) is 12.4 Å². The van der Waals surface area contributed by atoms with Crippen molar-refractivity contribution in [2.45, 2.75) is 31.0 Å². The van der Waals surface area contributed by atoms with Crippen molar-refractivity contribution in [2.75, 3.05) is 23.3 Å². The number of sulfonamides is 1. The molecule has 0 spiro atoms. The van der Waals surface area contributed by atoms with Crippen molar-refractivity contribution < 1.29 is 23.4 Å². The molecule has 8 N–H and O–H groups in total. The molecule has 1 fully saturated rings. The molecule has 1 aliphatic rings. The van der Waals surface area contributed by atoms with Crippen LogP contribution in [0.2, 0.25) is 0 Å². The minimum atomic E-state index is -3.87. The van der Waals surface area contributed by atoms with Gasteiger partial charge in [-0.15, -0.1) is 0 Å². The number of anilines is 4. The second-order valence-corrected chi connectivity index (χ2v) is 10.7. The topological polar surface area (TPSA) is 204 Å². The molecule has 0 unspecified atom stereocenters. The Morgan fingerprint density at radius 3 is 2.49 bits per heavy atom. The predicted octanol–water partition coefficient (Wildman–Crippen LogP) is 0.814. The summed E-state index contributed by atoms with van der Waals surface area (Å²) in [4.78, 5) is 13.0. The molecule has 1 aliphatic heterocycles. The number of aromatic nitrogens is 4. The first-order chi connectivity index (χ1) is 18.7. The van der Waals surface area contributed by atoms with Crippen molar-refractivity contribution in [3.8, 4) is 0 Å². The molecular weight excluding hydrogens is 524 g/mol. The highest BCUT2D eigenvalue weighted by atomic mass is 32.2. The fourth-order valence-electron chi connectivity index (χ4n) is 4.22. The number of para-hydroxylation sites is 2. The summed E-state index contributed by atoms with van der Waals surface area (Å²) in [5.74, 6) is 0.432. The highest BCUT2D eigenvalue weighted by Crippen LogP contribution is 2.26. The van der Waals surface area contributed by atoms with Crippen LogP contribution < -0.4 is 21.5 Å². The second-order valence-electron chi connectivity index (χ2n) is 9.01.